The number of fused-ring (bicyclic) bond motifs is 1. The van der Waals surface area contributed by atoms with Gasteiger partial charge in [-0.25, -0.2) is 4.98 Å². The molecule has 1 saturated carbocycles. The average Bonchev–Trinajstić information content (AvgIpc) is 3.22. The van der Waals surface area contributed by atoms with Crippen LogP contribution in [0.3, 0.4) is 0 Å². The minimum atomic E-state index is -0.326. The number of aromatic nitrogens is 2. The van der Waals surface area contributed by atoms with Gasteiger partial charge < -0.3 is 19.1 Å². The van der Waals surface area contributed by atoms with Gasteiger partial charge in [0.1, 0.15) is 5.65 Å². The molecule has 3 atom stereocenters. The number of imidazole rings is 1. The quantitative estimate of drug-likeness (QED) is 0.908. The zero-order valence-electron chi connectivity index (χ0n) is 13.0. The fourth-order valence-corrected chi connectivity index (χ4v) is 3.86. The number of amides is 1. The Morgan fingerprint density at radius 2 is 2.26 bits per heavy atom. The molecule has 0 bridgehead atoms. The summed E-state index contributed by atoms with van der Waals surface area (Å²) in [5.74, 6) is 0.129. The van der Waals surface area contributed by atoms with Gasteiger partial charge in [0.15, 0.2) is 0 Å². The van der Waals surface area contributed by atoms with Crippen LogP contribution in [0.4, 0.5) is 0 Å². The number of aliphatic hydroxyl groups excluding tert-OH is 1. The Morgan fingerprint density at radius 1 is 1.35 bits per heavy atom. The summed E-state index contributed by atoms with van der Waals surface area (Å²) in [5.41, 5.74) is 1.47. The van der Waals surface area contributed by atoms with Crippen LogP contribution >= 0.6 is 0 Å². The molecule has 1 amide bonds. The Morgan fingerprint density at radius 3 is 3.09 bits per heavy atom. The molecule has 0 radical (unpaired) electrons. The predicted octanol–water partition coefficient (Wildman–Crippen LogP) is 1.34. The number of pyridine rings is 1. The summed E-state index contributed by atoms with van der Waals surface area (Å²) in [6.07, 6.45) is 7.85. The van der Waals surface area contributed by atoms with Crippen LogP contribution in [0.15, 0.2) is 30.7 Å². The van der Waals surface area contributed by atoms with Gasteiger partial charge in [-0.05, 0) is 25.0 Å². The van der Waals surface area contributed by atoms with Crippen molar-refractivity contribution in [1.82, 2.24) is 14.3 Å². The molecule has 0 aromatic carbocycles. The summed E-state index contributed by atoms with van der Waals surface area (Å²) >= 11 is 0. The highest BCUT2D eigenvalue weighted by molar-refractivity contribution is 5.94. The van der Waals surface area contributed by atoms with E-state index in [9.17, 15) is 9.90 Å². The van der Waals surface area contributed by atoms with E-state index in [0.717, 1.165) is 24.9 Å². The van der Waals surface area contributed by atoms with Crippen molar-refractivity contribution in [2.75, 3.05) is 19.8 Å². The lowest BCUT2D eigenvalue weighted by Gasteiger charge is -2.40. The third kappa shape index (κ3) is 2.62. The maximum Gasteiger partial charge on any atom is 0.255 e. The zero-order valence-corrected chi connectivity index (χ0v) is 13.0. The lowest BCUT2D eigenvalue weighted by molar-refractivity contribution is -0.0383. The number of carbonyl (C=O) groups excluding carboxylic acids is 1. The molecule has 1 aliphatic carbocycles. The van der Waals surface area contributed by atoms with Gasteiger partial charge in [0.2, 0.25) is 0 Å². The van der Waals surface area contributed by atoms with Crippen LogP contribution in [0.5, 0.6) is 0 Å². The van der Waals surface area contributed by atoms with Gasteiger partial charge in [0, 0.05) is 31.1 Å². The van der Waals surface area contributed by atoms with Gasteiger partial charge in [-0.3, -0.25) is 4.79 Å². The number of nitrogens with zero attached hydrogens (tertiary/aromatic N) is 3. The zero-order chi connectivity index (χ0) is 15.8. The van der Waals surface area contributed by atoms with Crippen molar-refractivity contribution in [1.29, 1.82) is 0 Å². The standard InChI is InChI=1S/C17H21N3O3/c21-15-3-1-2-13(15)14-11-23-9-8-20(14)17(22)12-4-5-16-18-6-7-19(16)10-12/h4-7,10,13-15,21H,1-3,8-9,11H2/t13-,14+,15+/m0/s1. The van der Waals surface area contributed by atoms with Gasteiger partial charge >= 0.3 is 0 Å². The third-order valence-corrected chi connectivity index (χ3v) is 5.09. The summed E-state index contributed by atoms with van der Waals surface area (Å²) in [5, 5.41) is 10.2. The van der Waals surface area contributed by atoms with Gasteiger partial charge in [0.05, 0.1) is 30.9 Å². The Labute approximate surface area is 134 Å². The first kappa shape index (κ1) is 14.7. The molecule has 23 heavy (non-hydrogen) atoms. The summed E-state index contributed by atoms with van der Waals surface area (Å²) in [4.78, 5) is 19.1. The van der Waals surface area contributed by atoms with Crippen molar-refractivity contribution in [3.05, 3.63) is 36.3 Å². The molecule has 0 spiro atoms. The van der Waals surface area contributed by atoms with Crippen LogP contribution in [0, 0.1) is 5.92 Å². The SMILES string of the molecule is O=C(c1ccc2nccn2c1)N1CCOC[C@@H]1[C@@H]1CCC[C@H]1O. The molecule has 6 heteroatoms. The molecule has 1 aliphatic heterocycles. The summed E-state index contributed by atoms with van der Waals surface area (Å²) in [6.45, 7) is 1.65. The second-order valence-electron chi connectivity index (χ2n) is 6.41. The predicted molar refractivity (Wildman–Crippen MR) is 84.2 cm³/mol. The largest absolute Gasteiger partial charge is 0.393 e. The molecular weight excluding hydrogens is 294 g/mol. The van der Waals surface area contributed by atoms with Crippen molar-refractivity contribution in [2.24, 2.45) is 5.92 Å². The summed E-state index contributed by atoms with van der Waals surface area (Å²) < 4.78 is 7.45. The molecular formula is C17H21N3O3. The van der Waals surface area contributed by atoms with E-state index >= 15 is 0 Å². The lowest BCUT2D eigenvalue weighted by atomic mass is 9.94. The molecule has 2 aromatic rings. The van der Waals surface area contributed by atoms with Gasteiger partial charge in [-0.15, -0.1) is 0 Å². The first-order valence-electron chi connectivity index (χ1n) is 8.23. The maximum absolute atomic E-state index is 13.0. The minimum Gasteiger partial charge on any atom is -0.393 e. The van der Waals surface area contributed by atoms with Crippen LogP contribution in [0.2, 0.25) is 0 Å². The third-order valence-electron chi connectivity index (χ3n) is 5.09. The van der Waals surface area contributed by atoms with Gasteiger partial charge in [0.25, 0.3) is 5.91 Å². The monoisotopic (exact) mass is 315 g/mol. The Balaban J connectivity index is 1.61. The fraction of sp³-hybridized carbons (Fsp3) is 0.529. The fourth-order valence-electron chi connectivity index (χ4n) is 3.86. The highest BCUT2D eigenvalue weighted by Gasteiger charge is 2.39. The topological polar surface area (TPSA) is 67.1 Å². The molecule has 2 aliphatic rings. The van der Waals surface area contributed by atoms with E-state index in [4.69, 9.17) is 4.74 Å². The molecule has 122 valence electrons. The Hall–Kier alpha value is -1.92. The molecule has 2 fully saturated rings. The van der Waals surface area contributed by atoms with Crippen LogP contribution in [-0.2, 0) is 4.74 Å². The van der Waals surface area contributed by atoms with E-state index in [2.05, 4.69) is 4.98 Å². The molecule has 1 N–H and O–H groups in total. The molecule has 0 unspecified atom stereocenters. The van der Waals surface area contributed by atoms with Gasteiger partial charge in [-0.1, -0.05) is 6.42 Å². The molecule has 3 heterocycles. The number of morpholine rings is 1. The maximum atomic E-state index is 13.0. The van der Waals surface area contributed by atoms with Crippen molar-refractivity contribution in [3.8, 4) is 0 Å². The average molecular weight is 315 g/mol. The summed E-state index contributed by atoms with van der Waals surface area (Å²) in [6, 6.07) is 3.64. The first-order chi connectivity index (χ1) is 11.2. The van der Waals surface area contributed by atoms with Crippen molar-refractivity contribution in [3.63, 3.8) is 0 Å². The van der Waals surface area contributed by atoms with Gasteiger partial charge in [-0.2, -0.15) is 0 Å². The lowest BCUT2D eigenvalue weighted by Crippen LogP contribution is -2.53. The van der Waals surface area contributed by atoms with Crippen molar-refractivity contribution in [2.45, 2.75) is 31.4 Å². The number of aliphatic hydroxyl groups is 1. The minimum absolute atomic E-state index is 0.00741. The summed E-state index contributed by atoms with van der Waals surface area (Å²) in [7, 11) is 0. The smallest absolute Gasteiger partial charge is 0.255 e. The van der Waals surface area contributed by atoms with E-state index in [1.165, 1.54) is 0 Å². The van der Waals surface area contributed by atoms with E-state index in [1.807, 2.05) is 33.8 Å². The number of ether oxygens (including phenoxy) is 1. The molecule has 2 aromatic heterocycles. The second-order valence-corrected chi connectivity index (χ2v) is 6.41. The Kier molecular flexibility index (Phi) is 3.79. The highest BCUT2D eigenvalue weighted by Crippen LogP contribution is 2.32. The van der Waals surface area contributed by atoms with Crippen molar-refractivity contribution < 1.29 is 14.6 Å². The van der Waals surface area contributed by atoms with Crippen LogP contribution < -0.4 is 0 Å². The first-order valence-corrected chi connectivity index (χ1v) is 8.23. The number of hydrogen-bond donors (Lipinski definition) is 1. The second kappa shape index (κ2) is 5.94. The van der Waals surface area contributed by atoms with Crippen LogP contribution in [-0.4, -0.2) is 57.2 Å². The number of rotatable bonds is 2. The highest BCUT2D eigenvalue weighted by atomic mass is 16.5. The molecule has 6 nitrogen and oxygen atoms in total. The molecule has 1 saturated heterocycles. The van der Waals surface area contributed by atoms with Crippen LogP contribution in [0.1, 0.15) is 29.6 Å². The van der Waals surface area contributed by atoms with E-state index in [-0.39, 0.29) is 24.0 Å². The van der Waals surface area contributed by atoms with E-state index < -0.39 is 0 Å². The Bertz CT molecular complexity index is 714. The number of carbonyl (C=O) groups is 1. The van der Waals surface area contributed by atoms with E-state index in [1.54, 1.807) is 6.20 Å². The number of hydrogen-bond acceptors (Lipinski definition) is 4. The van der Waals surface area contributed by atoms with Crippen LogP contribution in [0.25, 0.3) is 5.65 Å². The van der Waals surface area contributed by atoms with E-state index in [0.29, 0.717) is 25.3 Å². The molecule has 4 rings (SSSR count). The van der Waals surface area contributed by atoms with Crippen molar-refractivity contribution >= 4 is 11.6 Å². The normalized spacial score (nSPS) is 28.4.